The van der Waals surface area contributed by atoms with Crippen LogP contribution in [0, 0.1) is 6.92 Å². The highest BCUT2D eigenvalue weighted by Gasteiger charge is 2.11. The van der Waals surface area contributed by atoms with Gasteiger partial charge in [-0.3, -0.25) is 4.79 Å². The minimum Gasteiger partial charge on any atom is -0.459 e. The van der Waals surface area contributed by atoms with E-state index in [2.05, 4.69) is 20.6 Å². The summed E-state index contributed by atoms with van der Waals surface area (Å²) in [5, 5.41) is 16.1. The van der Waals surface area contributed by atoms with Gasteiger partial charge in [-0.05, 0) is 43.3 Å². The number of furan rings is 1. The molecule has 4 rings (SSSR count). The van der Waals surface area contributed by atoms with E-state index in [1.54, 1.807) is 16.6 Å². The van der Waals surface area contributed by atoms with Crippen molar-refractivity contribution in [1.82, 2.24) is 19.8 Å². The van der Waals surface area contributed by atoms with E-state index in [0.29, 0.717) is 5.69 Å². The van der Waals surface area contributed by atoms with Gasteiger partial charge < -0.3 is 9.73 Å². The fourth-order valence-electron chi connectivity index (χ4n) is 2.13. The highest BCUT2D eigenvalue weighted by molar-refractivity contribution is 7.19. The topological polar surface area (TPSA) is 85.3 Å². The van der Waals surface area contributed by atoms with Gasteiger partial charge in [0.05, 0.1) is 6.26 Å². The Kier molecular flexibility index (Phi) is 3.16. The molecular weight excluding hydrogens is 314 g/mol. The summed E-state index contributed by atoms with van der Waals surface area (Å²) in [4.78, 5) is 12.7. The van der Waals surface area contributed by atoms with Crippen LogP contribution in [0.25, 0.3) is 15.5 Å². The maximum Gasteiger partial charge on any atom is 0.291 e. The molecule has 1 aromatic carbocycles. The second-order valence-electron chi connectivity index (χ2n) is 4.86. The highest BCUT2D eigenvalue weighted by Crippen LogP contribution is 2.26. The Morgan fingerprint density at radius 1 is 1.22 bits per heavy atom. The van der Waals surface area contributed by atoms with Crippen LogP contribution in [-0.2, 0) is 0 Å². The van der Waals surface area contributed by atoms with E-state index in [1.807, 2.05) is 31.2 Å². The Morgan fingerprint density at radius 3 is 2.74 bits per heavy atom. The maximum atomic E-state index is 11.9. The van der Waals surface area contributed by atoms with Crippen LogP contribution in [0.5, 0.6) is 0 Å². The van der Waals surface area contributed by atoms with Crippen LogP contribution in [0.1, 0.15) is 16.4 Å². The van der Waals surface area contributed by atoms with Gasteiger partial charge >= 0.3 is 0 Å². The van der Waals surface area contributed by atoms with E-state index < -0.39 is 0 Å². The average Bonchev–Trinajstić information content (AvgIpc) is 3.27. The molecule has 0 bridgehead atoms. The first-order valence-corrected chi connectivity index (χ1v) is 7.66. The molecule has 0 saturated carbocycles. The number of fused-ring (bicyclic) bond motifs is 1. The summed E-state index contributed by atoms with van der Waals surface area (Å²) in [6.45, 7) is 1.86. The van der Waals surface area contributed by atoms with Gasteiger partial charge in [0.15, 0.2) is 11.6 Å². The van der Waals surface area contributed by atoms with E-state index in [1.165, 1.54) is 17.6 Å². The Labute approximate surface area is 134 Å². The molecule has 0 saturated heterocycles. The van der Waals surface area contributed by atoms with Crippen LogP contribution in [0.3, 0.4) is 0 Å². The maximum absolute atomic E-state index is 11.9. The molecule has 3 heterocycles. The Bertz CT molecular complexity index is 969. The lowest BCUT2D eigenvalue weighted by molar-refractivity contribution is 0.0996. The van der Waals surface area contributed by atoms with E-state index in [4.69, 9.17) is 4.42 Å². The number of nitrogens with one attached hydrogen (secondary N) is 1. The van der Waals surface area contributed by atoms with Gasteiger partial charge in [-0.25, -0.2) is 0 Å². The molecule has 114 valence electrons. The predicted octanol–water partition coefficient (Wildman–Crippen LogP) is 3.01. The zero-order valence-electron chi connectivity index (χ0n) is 12.1. The van der Waals surface area contributed by atoms with Gasteiger partial charge in [0.25, 0.3) is 5.91 Å². The number of hydrogen-bond donors (Lipinski definition) is 1. The van der Waals surface area contributed by atoms with Crippen molar-refractivity contribution in [2.75, 3.05) is 5.32 Å². The van der Waals surface area contributed by atoms with E-state index >= 15 is 0 Å². The standard InChI is InChI=1S/C15H11N5O2S/c1-9-17-18-15-20(9)19-14(23-15)10-4-6-11(7-5-10)16-13(21)12-3-2-8-22-12/h2-8H,1H3,(H,16,21). The third kappa shape index (κ3) is 2.49. The zero-order chi connectivity index (χ0) is 15.8. The molecule has 7 nitrogen and oxygen atoms in total. The third-order valence-electron chi connectivity index (χ3n) is 3.28. The number of aromatic nitrogens is 4. The van der Waals surface area contributed by atoms with Crippen molar-refractivity contribution >= 4 is 27.9 Å². The summed E-state index contributed by atoms with van der Waals surface area (Å²) >= 11 is 1.46. The van der Waals surface area contributed by atoms with Gasteiger partial charge in [-0.2, -0.15) is 9.61 Å². The predicted molar refractivity (Wildman–Crippen MR) is 85.5 cm³/mol. The molecule has 0 unspecified atom stereocenters. The second-order valence-corrected chi connectivity index (χ2v) is 5.81. The molecule has 3 aromatic heterocycles. The van der Waals surface area contributed by atoms with Gasteiger partial charge in [0.2, 0.25) is 4.96 Å². The average molecular weight is 325 g/mol. The minimum atomic E-state index is -0.280. The Balaban J connectivity index is 1.56. The van der Waals surface area contributed by atoms with Crippen molar-refractivity contribution in [3.05, 3.63) is 54.2 Å². The summed E-state index contributed by atoms with van der Waals surface area (Å²) in [6, 6.07) is 10.7. The molecule has 8 heteroatoms. The number of rotatable bonds is 3. The second kappa shape index (κ2) is 5.33. The lowest BCUT2D eigenvalue weighted by atomic mass is 10.2. The molecule has 0 fully saturated rings. The van der Waals surface area contributed by atoms with Crippen molar-refractivity contribution in [2.45, 2.75) is 6.92 Å². The van der Waals surface area contributed by atoms with E-state index in [0.717, 1.165) is 21.4 Å². The number of anilines is 1. The molecule has 4 aromatic rings. The summed E-state index contributed by atoms with van der Waals surface area (Å²) in [6.07, 6.45) is 1.47. The number of nitrogens with zero attached hydrogens (tertiary/aromatic N) is 4. The quantitative estimate of drug-likeness (QED) is 0.626. The van der Waals surface area contributed by atoms with Gasteiger partial charge in [0, 0.05) is 11.3 Å². The van der Waals surface area contributed by atoms with Crippen molar-refractivity contribution in [3.63, 3.8) is 0 Å². The number of benzene rings is 1. The normalized spacial score (nSPS) is 11.0. The van der Waals surface area contributed by atoms with Crippen LogP contribution >= 0.6 is 11.3 Å². The SMILES string of the molecule is Cc1nnc2sc(-c3ccc(NC(=O)c4ccco4)cc3)nn12. The zero-order valence-corrected chi connectivity index (χ0v) is 12.9. The molecule has 0 radical (unpaired) electrons. The van der Waals surface area contributed by atoms with Gasteiger partial charge in [0.1, 0.15) is 5.01 Å². The molecule has 0 spiro atoms. The number of carbonyl (C=O) groups excluding carboxylic acids is 1. The van der Waals surface area contributed by atoms with Crippen LogP contribution in [0.4, 0.5) is 5.69 Å². The lowest BCUT2D eigenvalue weighted by Crippen LogP contribution is -2.10. The monoisotopic (exact) mass is 325 g/mol. The molecule has 23 heavy (non-hydrogen) atoms. The highest BCUT2D eigenvalue weighted by atomic mass is 32.1. The third-order valence-corrected chi connectivity index (χ3v) is 4.23. The van der Waals surface area contributed by atoms with Crippen molar-refractivity contribution in [3.8, 4) is 10.6 Å². The smallest absolute Gasteiger partial charge is 0.291 e. The molecule has 1 amide bonds. The first kappa shape index (κ1) is 13.6. The van der Waals surface area contributed by atoms with Crippen molar-refractivity contribution in [1.29, 1.82) is 0 Å². The number of amides is 1. The van der Waals surface area contributed by atoms with Crippen LogP contribution in [0.2, 0.25) is 0 Å². The summed E-state index contributed by atoms with van der Waals surface area (Å²) in [5.74, 6) is 0.750. The Hall–Kier alpha value is -3.00. The summed E-state index contributed by atoms with van der Waals surface area (Å²) in [7, 11) is 0. The largest absolute Gasteiger partial charge is 0.459 e. The van der Waals surface area contributed by atoms with Gasteiger partial charge in [-0.1, -0.05) is 11.3 Å². The number of aryl methyl sites for hydroxylation is 1. The van der Waals surface area contributed by atoms with Crippen molar-refractivity contribution in [2.24, 2.45) is 0 Å². The van der Waals surface area contributed by atoms with Crippen molar-refractivity contribution < 1.29 is 9.21 Å². The molecule has 0 aliphatic rings. The summed E-state index contributed by atoms with van der Waals surface area (Å²) in [5.41, 5.74) is 1.64. The molecule has 0 aliphatic heterocycles. The first-order chi connectivity index (χ1) is 11.2. The lowest BCUT2D eigenvalue weighted by Gasteiger charge is -2.03. The van der Waals surface area contributed by atoms with E-state index in [-0.39, 0.29) is 11.7 Å². The molecule has 1 N–H and O–H groups in total. The fourth-order valence-corrected chi connectivity index (χ4v) is 3.02. The van der Waals surface area contributed by atoms with Gasteiger partial charge in [-0.15, -0.1) is 10.2 Å². The first-order valence-electron chi connectivity index (χ1n) is 6.85. The molecule has 0 aliphatic carbocycles. The van der Waals surface area contributed by atoms with E-state index in [9.17, 15) is 4.79 Å². The van der Waals surface area contributed by atoms with Crippen LogP contribution in [0.15, 0.2) is 47.1 Å². The Morgan fingerprint density at radius 2 is 2.04 bits per heavy atom. The number of carbonyl (C=O) groups is 1. The summed E-state index contributed by atoms with van der Waals surface area (Å²) < 4.78 is 6.78. The number of hydrogen-bond acceptors (Lipinski definition) is 6. The van der Waals surface area contributed by atoms with Crippen LogP contribution in [-0.4, -0.2) is 25.7 Å². The molecular formula is C15H11N5O2S. The molecule has 0 atom stereocenters. The van der Waals surface area contributed by atoms with Crippen LogP contribution < -0.4 is 5.32 Å². The fraction of sp³-hybridized carbons (Fsp3) is 0.0667. The minimum absolute atomic E-state index is 0.276.